The Morgan fingerprint density at radius 1 is 1.29 bits per heavy atom. The highest BCUT2D eigenvalue weighted by Gasteiger charge is 2.36. The number of hydrogen-bond acceptors (Lipinski definition) is 3. The number of hydrogen-bond donors (Lipinski definition) is 1. The molecule has 2 aliphatic rings. The van der Waals surface area contributed by atoms with Gasteiger partial charge in [0.25, 0.3) is 0 Å². The van der Waals surface area contributed by atoms with Crippen LogP contribution in [0.5, 0.6) is 0 Å². The van der Waals surface area contributed by atoms with E-state index < -0.39 is 0 Å². The van der Waals surface area contributed by atoms with E-state index in [9.17, 15) is 0 Å². The number of likely N-dealkylation sites (tertiary alicyclic amines) is 1. The summed E-state index contributed by atoms with van der Waals surface area (Å²) in [5, 5.41) is 3.47. The number of nitrogens with one attached hydrogen (secondary N) is 1. The summed E-state index contributed by atoms with van der Waals surface area (Å²) in [6.07, 6.45) is 4.35. The normalized spacial score (nSPS) is 25.9. The Bertz CT molecular complexity index is 454. The molecule has 2 heterocycles. The minimum atomic E-state index is 0.684. The van der Waals surface area contributed by atoms with E-state index in [2.05, 4.69) is 37.1 Å². The van der Waals surface area contributed by atoms with E-state index in [1.165, 1.54) is 37.9 Å². The highest BCUT2D eigenvalue weighted by molar-refractivity contribution is 5.20. The molecule has 0 spiro atoms. The van der Waals surface area contributed by atoms with Gasteiger partial charge in [0.1, 0.15) is 11.5 Å². The van der Waals surface area contributed by atoms with Crippen LogP contribution in [0.3, 0.4) is 0 Å². The molecule has 2 unspecified atom stereocenters. The molecule has 0 radical (unpaired) electrons. The van der Waals surface area contributed by atoms with Crippen LogP contribution in [-0.4, -0.2) is 24.5 Å². The minimum absolute atomic E-state index is 0.684. The van der Waals surface area contributed by atoms with Crippen molar-refractivity contribution in [2.75, 3.05) is 19.6 Å². The predicted octanol–water partition coefficient (Wildman–Crippen LogP) is 3.57. The number of furan rings is 1. The monoisotopic (exact) mass is 290 g/mol. The Hall–Kier alpha value is -0.800. The second-order valence-corrected chi connectivity index (χ2v) is 7.49. The fraction of sp³-hybridized carbons (Fsp3) is 0.778. The lowest BCUT2D eigenvalue weighted by atomic mass is 10.0. The zero-order chi connectivity index (χ0) is 14.8. The first-order chi connectivity index (χ1) is 10.1. The number of aryl methyl sites for hydroxylation is 1. The molecule has 3 nitrogen and oxygen atoms in total. The van der Waals surface area contributed by atoms with E-state index in [0.717, 1.165) is 43.0 Å². The Labute approximate surface area is 129 Å². The van der Waals surface area contributed by atoms with Gasteiger partial charge in [0.2, 0.25) is 0 Å². The molecule has 0 bridgehead atoms. The largest absolute Gasteiger partial charge is 0.463 e. The standard InChI is InChI=1S/C18H30N2O/c1-13(2)8-19-9-18-14(3)7-17(21-18)12-20-10-15-5-4-6-16(15)11-20/h7,13,15-16,19H,4-6,8-12H2,1-3H3. The minimum Gasteiger partial charge on any atom is -0.463 e. The van der Waals surface area contributed by atoms with E-state index in [0.29, 0.717) is 5.92 Å². The Balaban J connectivity index is 1.52. The highest BCUT2D eigenvalue weighted by Crippen LogP contribution is 2.38. The van der Waals surface area contributed by atoms with Gasteiger partial charge in [0.15, 0.2) is 0 Å². The maximum Gasteiger partial charge on any atom is 0.120 e. The van der Waals surface area contributed by atoms with Gasteiger partial charge in [-0.1, -0.05) is 20.3 Å². The van der Waals surface area contributed by atoms with E-state index in [-0.39, 0.29) is 0 Å². The third-order valence-corrected chi connectivity index (χ3v) is 5.09. The van der Waals surface area contributed by atoms with Crippen LogP contribution in [0.4, 0.5) is 0 Å². The van der Waals surface area contributed by atoms with Crippen LogP contribution in [0.15, 0.2) is 10.5 Å². The molecule has 1 aromatic heterocycles. The van der Waals surface area contributed by atoms with Gasteiger partial charge in [-0.05, 0) is 55.7 Å². The summed E-state index contributed by atoms with van der Waals surface area (Å²) in [6.45, 7) is 12.1. The van der Waals surface area contributed by atoms with E-state index in [1.807, 2.05) is 0 Å². The van der Waals surface area contributed by atoms with Crippen molar-refractivity contribution in [2.45, 2.75) is 53.1 Å². The van der Waals surface area contributed by atoms with Gasteiger partial charge in [0, 0.05) is 13.1 Å². The zero-order valence-corrected chi connectivity index (χ0v) is 13.8. The molecule has 3 heteroatoms. The molecule has 1 aliphatic heterocycles. The molecular formula is C18H30N2O. The Morgan fingerprint density at radius 3 is 2.67 bits per heavy atom. The first-order valence-electron chi connectivity index (χ1n) is 8.63. The van der Waals surface area contributed by atoms with E-state index in [1.54, 1.807) is 0 Å². The maximum atomic E-state index is 6.08. The fourth-order valence-electron chi connectivity index (χ4n) is 4.00. The van der Waals surface area contributed by atoms with Crippen LogP contribution in [0.2, 0.25) is 0 Å². The molecule has 1 saturated heterocycles. The number of rotatable bonds is 6. The molecule has 2 atom stereocenters. The second-order valence-electron chi connectivity index (χ2n) is 7.49. The molecule has 3 rings (SSSR count). The van der Waals surface area contributed by atoms with Crippen molar-refractivity contribution in [3.63, 3.8) is 0 Å². The van der Waals surface area contributed by atoms with Gasteiger partial charge >= 0.3 is 0 Å². The third-order valence-electron chi connectivity index (χ3n) is 5.09. The van der Waals surface area contributed by atoms with Crippen molar-refractivity contribution in [1.82, 2.24) is 10.2 Å². The van der Waals surface area contributed by atoms with E-state index >= 15 is 0 Å². The van der Waals surface area contributed by atoms with Crippen LogP contribution in [0.25, 0.3) is 0 Å². The van der Waals surface area contributed by atoms with Crippen molar-refractivity contribution >= 4 is 0 Å². The lowest BCUT2D eigenvalue weighted by molar-refractivity contribution is 0.271. The van der Waals surface area contributed by atoms with Gasteiger partial charge in [-0.15, -0.1) is 0 Å². The summed E-state index contributed by atoms with van der Waals surface area (Å²) in [5.74, 6) is 4.88. The van der Waals surface area contributed by atoms with Gasteiger partial charge in [0.05, 0.1) is 13.1 Å². The average molecular weight is 290 g/mol. The SMILES string of the molecule is Cc1cc(CN2CC3CCCC3C2)oc1CNCC(C)C. The van der Waals surface area contributed by atoms with Crippen molar-refractivity contribution in [2.24, 2.45) is 17.8 Å². The second kappa shape index (κ2) is 6.53. The molecule has 1 N–H and O–H groups in total. The molecular weight excluding hydrogens is 260 g/mol. The van der Waals surface area contributed by atoms with Crippen LogP contribution >= 0.6 is 0 Å². The summed E-state index contributed by atoms with van der Waals surface area (Å²) < 4.78 is 6.08. The molecule has 0 aromatic carbocycles. The maximum absolute atomic E-state index is 6.08. The molecule has 21 heavy (non-hydrogen) atoms. The fourth-order valence-corrected chi connectivity index (χ4v) is 4.00. The molecule has 2 fully saturated rings. The van der Waals surface area contributed by atoms with E-state index in [4.69, 9.17) is 4.42 Å². The van der Waals surface area contributed by atoms with Gasteiger partial charge < -0.3 is 9.73 Å². The lowest BCUT2D eigenvalue weighted by Gasteiger charge is -2.14. The van der Waals surface area contributed by atoms with Crippen molar-refractivity contribution in [3.8, 4) is 0 Å². The van der Waals surface area contributed by atoms with Gasteiger partial charge in [-0.25, -0.2) is 0 Å². The molecule has 0 amide bonds. The van der Waals surface area contributed by atoms with Crippen LogP contribution < -0.4 is 5.32 Å². The van der Waals surface area contributed by atoms with Crippen LogP contribution in [0, 0.1) is 24.7 Å². The first kappa shape index (κ1) is 15.1. The highest BCUT2D eigenvalue weighted by atomic mass is 16.3. The van der Waals surface area contributed by atoms with Crippen molar-refractivity contribution < 1.29 is 4.42 Å². The molecule has 1 aliphatic carbocycles. The number of fused-ring (bicyclic) bond motifs is 1. The quantitative estimate of drug-likeness (QED) is 0.868. The topological polar surface area (TPSA) is 28.4 Å². The Kier molecular flexibility index (Phi) is 4.70. The van der Waals surface area contributed by atoms with Crippen LogP contribution in [-0.2, 0) is 13.1 Å². The van der Waals surface area contributed by atoms with Gasteiger partial charge in [-0.3, -0.25) is 4.90 Å². The summed E-state index contributed by atoms with van der Waals surface area (Å²) in [6, 6.07) is 2.24. The molecule has 118 valence electrons. The Morgan fingerprint density at radius 2 is 2.00 bits per heavy atom. The summed E-state index contributed by atoms with van der Waals surface area (Å²) in [4.78, 5) is 2.60. The predicted molar refractivity (Wildman–Crippen MR) is 86.1 cm³/mol. The smallest absolute Gasteiger partial charge is 0.120 e. The molecule has 1 saturated carbocycles. The first-order valence-corrected chi connectivity index (χ1v) is 8.63. The summed E-state index contributed by atoms with van der Waals surface area (Å²) >= 11 is 0. The number of nitrogens with zero attached hydrogens (tertiary/aromatic N) is 1. The van der Waals surface area contributed by atoms with Gasteiger partial charge in [-0.2, -0.15) is 0 Å². The average Bonchev–Trinajstić information content (AvgIpc) is 3.05. The molecule has 1 aromatic rings. The third kappa shape index (κ3) is 3.70. The summed E-state index contributed by atoms with van der Waals surface area (Å²) in [5.41, 5.74) is 1.29. The zero-order valence-electron chi connectivity index (χ0n) is 13.8. The summed E-state index contributed by atoms with van der Waals surface area (Å²) in [7, 11) is 0. The van der Waals surface area contributed by atoms with Crippen molar-refractivity contribution in [1.29, 1.82) is 0 Å². The van der Waals surface area contributed by atoms with Crippen molar-refractivity contribution in [3.05, 3.63) is 23.2 Å². The lowest BCUT2D eigenvalue weighted by Crippen LogP contribution is -2.20. The van der Waals surface area contributed by atoms with Crippen LogP contribution in [0.1, 0.15) is 50.2 Å².